The predicted octanol–water partition coefficient (Wildman–Crippen LogP) is 1.88. The molecule has 0 bridgehead atoms. The average Bonchev–Trinajstić information content (AvgIpc) is 2.45. The number of para-hydroxylation sites is 2. The van der Waals surface area contributed by atoms with E-state index in [-0.39, 0.29) is 11.7 Å². The van der Waals surface area contributed by atoms with Gasteiger partial charge in [0.05, 0.1) is 22.5 Å². The number of aromatic nitrogens is 2. The van der Waals surface area contributed by atoms with Gasteiger partial charge in [-0.15, -0.1) is 0 Å². The summed E-state index contributed by atoms with van der Waals surface area (Å²) in [4.78, 5) is 31.8. The third-order valence-corrected chi connectivity index (χ3v) is 3.70. The van der Waals surface area contributed by atoms with Gasteiger partial charge < -0.3 is 5.32 Å². The largest absolute Gasteiger partial charge is 0.338 e. The van der Waals surface area contributed by atoms with Crippen LogP contribution in [0.2, 0.25) is 0 Å². The van der Waals surface area contributed by atoms with Gasteiger partial charge in [0.25, 0.3) is 0 Å². The van der Waals surface area contributed by atoms with E-state index in [0.29, 0.717) is 11.6 Å². The Kier molecular flexibility index (Phi) is 5.10. The molecule has 0 radical (unpaired) electrons. The summed E-state index contributed by atoms with van der Waals surface area (Å²) in [5.74, 6) is -0.245. The van der Waals surface area contributed by atoms with Crippen LogP contribution in [0.15, 0.2) is 29.3 Å². The molecular formula is C14H16N4O2S. The van der Waals surface area contributed by atoms with E-state index in [0.717, 1.165) is 16.7 Å². The molecule has 0 fully saturated rings. The van der Waals surface area contributed by atoms with Crippen LogP contribution in [-0.4, -0.2) is 34.2 Å². The number of nitrogens with zero attached hydrogens (tertiary/aromatic N) is 2. The number of fused-ring (bicyclic) bond motifs is 1. The third-order valence-electron chi connectivity index (χ3n) is 2.63. The fraction of sp³-hybridized carbons (Fsp3) is 0.286. The highest BCUT2D eigenvalue weighted by Crippen LogP contribution is 2.21. The molecule has 0 saturated carbocycles. The second-order valence-electron chi connectivity index (χ2n) is 4.30. The van der Waals surface area contributed by atoms with Gasteiger partial charge in [-0.05, 0) is 26.0 Å². The Morgan fingerprint density at radius 2 is 1.86 bits per heavy atom. The summed E-state index contributed by atoms with van der Waals surface area (Å²) in [5.41, 5.74) is 2.38. The number of carbonyl (C=O) groups is 2. The molecule has 2 aromatic rings. The lowest BCUT2D eigenvalue weighted by Gasteiger charge is -2.07. The zero-order chi connectivity index (χ0) is 15.2. The number of thioether (sulfide) groups is 1. The van der Waals surface area contributed by atoms with Gasteiger partial charge in [-0.25, -0.2) is 14.8 Å². The molecule has 110 valence electrons. The molecule has 0 aliphatic carbocycles. The van der Waals surface area contributed by atoms with Crippen LogP contribution in [-0.2, 0) is 4.79 Å². The first kappa shape index (κ1) is 15.2. The zero-order valence-corrected chi connectivity index (χ0v) is 12.7. The SMILES string of the molecule is CCNC(=O)NC(=O)CSc1nc2ccccc2nc1C. The van der Waals surface area contributed by atoms with Crippen molar-refractivity contribution in [3.8, 4) is 0 Å². The molecule has 3 amide bonds. The molecule has 7 heteroatoms. The van der Waals surface area contributed by atoms with Crippen molar-refractivity contribution in [2.75, 3.05) is 12.3 Å². The molecule has 0 spiro atoms. The second-order valence-corrected chi connectivity index (χ2v) is 5.26. The van der Waals surface area contributed by atoms with Gasteiger partial charge in [-0.2, -0.15) is 0 Å². The average molecular weight is 304 g/mol. The molecule has 1 aromatic heterocycles. The van der Waals surface area contributed by atoms with E-state index in [4.69, 9.17) is 0 Å². The van der Waals surface area contributed by atoms with E-state index in [1.807, 2.05) is 31.2 Å². The molecule has 0 saturated heterocycles. The number of amides is 3. The molecule has 2 N–H and O–H groups in total. The Labute approximate surface area is 126 Å². The maximum Gasteiger partial charge on any atom is 0.321 e. The Morgan fingerprint density at radius 3 is 2.52 bits per heavy atom. The van der Waals surface area contributed by atoms with Gasteiger partial charge in [0.15, 0.2) is 0 Å². The van der Waals surface area contributed by atoms with Gasteiger partial charge in [0.1, 0.15) is 5.03 Å². The van der Waals surface area contributed by atoms with Crippen molar-refractivity contribution < 1.29 is 9.59 Å². The summed E-state index contributed by atoms with van der Waals surface area (Å²) < 4.78 is 0. The Bertz CT molecular complexity index is 675. The van der Waals surface area contributed by atoms with Crippen molar-refractivity contribution >= 4 is 34.7 Å². The van der Waals surface area contributed by atoms with Crippen LogP contribution in [0, 0.1) is 6.92 Å². The summed E-state index contributed by atoms with van der Waals surface area (Å²) in [7, 11) is 0. The van der Waals surface area contributed by atoms with Crippen LogP contribution < -0.4 is 10.6 Å². The smallest absolute Gasteiger partial charge is 0.321 e. The summed E-state index contributed by atoms with van der Waals surface area (Å²) >= 11 is 1.26. The minimum absolute atomic E-state index is 0.116. The zero-order valence-electron chi connectivity index (χ0n) is 11.8. The molecule has 21 heavy (non-hydrogen) atoms. The Hall–Kier alpha value is -2.15. The summed E-state index contributed by atoms with van der Waals surface area (Å²) in [6, 6.07) is 7.09. The molecular weight excluding hydrogens is 288 g/mol. The van der Waals surface area contributed by atoms with E-state index in [2.05, 4.69) is 20.6 Å². The summed E-state index contributed by atoms with van der Waals surface area (Å²) in [5, 5.41) is 5.45. The van der Waals surface area contributed by atoms with Crippen molar-refractivity contribution in [1.82, 2.24) is 20.6 Å². The first-order chi connectivity index (χ1) is 10.1. The molecule has 1 aromatic carbocycles. The van der Waals surface area contributed by atoms with E-state index in [1.54, 1.807) is 6.92 Å². The topological polar surface area (TPSA) is 84.0 Å². The van der Waals surface area contributed by atoms with E-state index < -0.39 is 6.03 Å². The molecule has 0 unspecified atom stereocenters. The number of aryl methyl sites for hydroxylation is 1. The quantitative estimate of drug-likeness (QED) is 0.843. The fourth-order valence-electron chi connectivity index (χ4n) is 1.71. The van der Waals surface area contributed by atoms with E-state index in [9.17, 15) is 9.59 Å². The van der Waals surface area contributed by atoms with Gasteiger partial charge in [0.2, 0.25) is 5.91 Å². The highest BCUT2D eigenvalue weighted by atomic mass is 32.2. The predicted molar refractivity (Wildman–Crippen MR) is 82.2 cm³/mol. The number of benzene rings is 1. The number of nitrogens with one attached hydrogen (secondary N) is 2. The monoisotopic (exact) mass is 304 g/mol. The molecule has 6 nitrogen and oxygen atoms in total. The highest BCUT2D eigenvalue weighted by Gasteiger charge is 2.10. The van der Waals surface area contributed by atoms with Crippen molar-refractivity contribution in [3.63, 3.8) is 0 Å². The highest BCUT2D eigenvalue weighted by molar-refractivity contribution is 7.99. The van der Waals surface area contributed by atoms with E-state index >= 15 is 0 Å². The lowest BCUT2D eigenvalue weighted by Crippen LogP contribution is -2.40. The van der Waals surface area contributed by atoms with Crippen LogP contribution in [0.1, 0.15) is 12.6 Å². The van der Waals surface area contributed by atoms with Gasteiger partial charge in [-0.1, -0.05) is 23.9 Å². The van der Waals surface area contributed by atoms with Crippen molar-refractivity contribution in [1.29, 1.82) is 0 Å². The van der Waals surface area contributed by atoms with Crippen LogP contribution in [0.4, 0.5) is 4.79 Å². The molecule has 0 aliphatic heterocycles. The lowest BCUT2D eigenvalue weighted by molar-refractivity contribution is -0.117. The first-order valence-electron chi connectivity index (χ1n) is 6.54. The van der Waals surface area contributed by atoms with Crippen molar-refractivity contribution in [2.24, 2.45) is 0 Å². The maximum atomic E-state index is 11.6. The lowest BCUT2D eigenvalue weighted by atomic mass is 10.3. The molecule has 0 atom stereocenters. The number of hydrogen-bond donors (Lipinski definition) is 2. The second kappa shape index (κ2) is 7.03. The summed E-state index contributed by atoms with van der Waals surface area (Å²) in [6.45, 7) is 4.11. The molecule has 1 heterocycles. The fourth-order valence-corrected chi connectivity index (χ4v) is 2.47. The Balaban J connectivity index is 2.01. The number of rotatable bonds is 4. The van der Waals surface area contributed by atoms with Crippen molar-refractivity contribution in [3.05, 3.63) is 30.0 Å². The van der Waals surface area contributed by atoms with Crippen LogP contribution in [0.5, 0.6) is 0 Å². The van der Waals surface area contributed by atoms with Gasteiger partial charge in [-0.3, -0.25) is 10.1 Å². The van der Waals surface area contributed by atoms with Crippen molar-refractivity contribution in [2.45, 2.75) is 18.9 Å². The van der Waals surface area contributed by atoms with E-state index in [1.165, 1.54) is 11.8 Å². The normalized spacial score (nSPS) is 10.4. The number of hydrogen-bond acceptors (Lipinski definition) is 5. The van der Waals surface area contributed by atoms with Crippen LogP contribution >= 0.6 is 11.8 Å². The van der Waals surface area contributed by atoms with Crippen LogP contribution in [0.3, 0.4) is 0 Å². The first-order valence-corrected chi connectivity index (χ1v) is 7.52. The van der Waals surface area contributed by atoms with Gasteiger partial charge in [0, 0.05) is 6.54 Å². The number of imide groups is 1. The number of carbonyl (C=O) groups excluding carboxylic acids is 2. The maximum absolute atomic E-state index is 11.6. The standard InChI is InChI=1S/C14H16N4O2S/c1-3-15-14(20)18-12(19)8-21-13-9(2)16-10-6-4-5-7-11(10)17-13/h4-7H,3,8H2,1-2H3,(H2,15,18,19,20). The molecule has 2 rings (SSSR count). The van der Waals surface area contributed by atoms with Crippen LogP contribution in [0.25, 0.3) is 11.0 Å². The molecule has 0 aliphatic rings. The minimum atomic E-state index is -0.482. The van der Waals surface area contributed by atoms with Gasteiger partial charge >= 0.3 is 6.03 Å². The Morgan fingerprint density at radius 1 is 1.19 bits per heavy atom. The number of urea groups is 1. The third kappa shape index (κ3) is 4.16. The minimum Gasteiger partial charge on any atom is -0.338 e. The summed E-state index contributed by atoms with van der Waals surface area (Å²) in [6.07, 6.45) is 0.